The van der Waals surface area contributed by atoms with Crippen LogP contribution in [0.3, 0.4) is 0 Å². The number of hydrogen-bond donors (Lipinski definition) is 0. The summed E-state index contributed by atoms with van der Waals surface area (Å²) in [6.07, 6.45) is 8.47. The van der Waals surface area contributed by atoms with Crippen LogP contribution in [0.1, 0.15) is 32.1 Å². The smallest absolute Gasteiger partial charge is 0.0960 e. The van der Waals surface area contributed by atoms with E-state index in [2.05, 4.69) is 21.6 Å². The second kappa shape index (κ2) is 9.93. The van der Waals surface area contributed by atoms with E-state index in [0.29, 0.717) is 5.02 Å². The van der Waals surface area contributed by atoms with Gasteiger partial charge in [-0.25, -0.2) is 4.98 Å². The minimum atomic E-state index is 0.714. The number of pyridine rings is 1. The number of aromatic nitrogens is 1. The molecule has 0 aromatic carbocycles. The predicted molar refractivity (Wildman–Crippen MR) is 92.0 cm³/mol. The highest BCUT2D eigenvalue weighted by Gasteiger charge is 2.10. The van der Waals surface area contributed by atoms with Crippen LogP contribution < -0.4 is 0 Å². The molecule has 1 aliphatic rings. The number of thioether (sulfide) groups is 2. The molecule has 20 heavy (non-hydrogen) atoms. The molecule has 0 saturated carbocycles. The summed E-state index contributed by atoms with van der Waals surface area (Å²) in [5.41, 5.74) is 0. The van der Waals surface area contributed by atoms with Crippen LogP contribution in [0.5, 0.6) is 0 Å². The molecule has 5 heteroatoms. The number of halogens is 1. The highest BCUT2D eigenvalue weighted by atomic mass is 35.5. The van der Waals surface area contributed by atoms with Crippen LogP contribution in [0.25, 0.3) is 0 Å². The fourth-order valence-electron chi connectivity index (χ4n) is 2.22. The van der Waals surface area contributed by atoms with Crippen molar-refractivity contribution >= 4 is 35.1 Å². The average Bonchev–Trinajstić information content (AvgIpc) is 2.97. The van der Waals surface area contributed by atoms with Gasteiger partial charge in [0.15, 0.2) is 0 Å². The molecule has 1 saturated heterocycles. The van der Waals surface area contributed by atoms with Crippen LogP contribution in [0.4, 0.5) is 0 Å². The molecule has 0 atom stereocenters. The Hall–Kier alpha value is 0.1000. The molecular weight excluding hydrogens is 308 g/mol. The Labute approximate surface area is 136 Å². The minimum absolute atomic E-state index is 0.714. The van der Waals surface area contributed by atoms with Gasteiger partial charge in [0, 0.05) is 24.4 Å². The first-order valence-electron chi connectivity index (χ1n) is 7.39. The fraction of sp³-hybridized carbons (Fsp3) is 0.667. The molecule has 112 valence electrons. The van der Waals surface area contributed by atoms with Crippen molar-refractivity contribution in [2.24, 2.45) is 0 Å². The van der Waals surface area contributed by atoms with Crippen molar-refractivity contribution in [3.05, 3.63) is 23.4 Å². The molecule has 1 aromatic heterocycles. The third-order valence-corrected chi connectivity index (χ3v) is 5.67. The lowest BCUT2D eigenvalue weighted by molar-refractivity contribution is 0.343. The van der Waals surface area contributed by atoms with Gasteiger partial charge < -0.3 is 0 Å². The third-order valence-electron chi connectivity index (χ3n) is 3.39. The normalized spacial score (nSPS) is 15.8. The van der Waals surface area contributed by atoms with E-state index in [1.165, 1.54) is 56.8 Å². The van der Waals surface area contributed by atoms with E-state index in [0.717, 1.165) is 10.8 Å². The molecule has 0 N–H and O–H groups in total. The number of rotatable bonds is 9. The van der Waals surface area contributed by atoms with Gasteiger partial charge in [0.2, 0.25) is 0 Å². The maximum Gasteiger partial charge on any atom is 0.0960 e. The SMILES string of the molecule is Clc1ccc(SCCCCCCCN2CCSC2)nc1. The predicted octanol–water partition coefficient (Wildman–Crippen LogP) is 4.78. The lowest BCUT2D eigenvalue weighted by Gasteiger charge is -2.12. The van der Waals surface area contributed by atoms with E-state index in [1.807, 2.05) is 23.9 Å². The molecule has 1 aromatic rings. The minimum Gasteiger partial charge on any atom is -0.293 e. The number of hydrogen-bond acceptors (Lipinski definition) is 4. The highest BCUT2D eigenvalue weighted by Crippen LogP contribution is 2.19. The molecule has 0 spiro atoms. The lowest BCUT2D eigenvalue weighted by Crippen LogP contribution is -2.20. The van der Waals surface area contributed by atoms with E-state index in [4.69, 9.17) is 11.6 Å². The van der Waals surface area contributed by atoms with Crippen molar-refractivity contribution in [1.29, 1.82) is 0 Å². The highest BCUT2D eigenvalue weighted by molar-refractivity contribution is 7.99. The van der Waals surface area contributed by atoms with E-state index in [1.54, 1.807) is 6.20 Å². The fourth-order valence-corrected chi connectivity index (χ4v) is 4.21. The van der Waals surface area contributed by atoms with Crippen LogP contribution in [-0.4, -0.2) is 40.4 Å². The largest absolute Gasteiger partial charge is 0.293 e. The summed E-state index contributed by atoms with van der Waals surface area (Å²) in [7, 11) is 0. The van der Waals surface area contributed by atoms with Crippen molar-refractivity contribution in [2.45, 2.75) is 37.1 Å². The Morgan fingerprint density at radius 3 is 2.80 bits per heavy atom. The first kappa shape index (κ1) is 16.5. The van der Waals surface area contributed by atoms with Gasteiger partial charge in [-0.1, -0.05) is 30.9 Å². The molecule has 2 heterocycles. The molecule has 1 fully saturated rings. The quantitative estimate of drug-likeness (QED) is 0.478. The van der Waals surface area contributed by atoms with Crippen LogP contribution in [0.2, 0.25) is 5.02 Å². The van der Waals surface area contributed by atoms with E-state index < -0.39 is 0 Å². The lowest BCUT2D eigenvalue weighted by atomic mass is 10.1. The number of unbranched alkanes of at least 4 members (excludes halogenated alkanes) is 4. The van der Waals surface area contributed by atoms with E-state index in [-0.39, 0.29) is 0 Å². The van der Waals surface area contributed by atoms with Gasteiger partial charge in [-0.3, -0.25) is 4.90 Å². The van der Waals surface area contributed by atoms with Crippen molar-refractivity contribution in [3.63, 3.8) is 0 Å². The Kier molecular flexibility index (Phi) is 8.18. The van der Waals surface area contributed by atoms with Crippen molar-refractivity contribution in [3.8, 4) is 0 Å². The third kappa shape index (κ3) is 6.70. The van der Waals surface area contributed by atoms with Gasteiger partial charge in [-0.15, -0.1) is 23.5 Å². The summed E-state index contributed by atoms with van der Waals surface area (Å²) in [6, 6.07) is 3.91. The van der Waals surface area contributed by atoms with Crippen molar-refractivity contribution in [1.82, 2.24) is 9.88 Å². The summed E-state index contributed by atoms with van der Waals surface area (Å²) in [4.78, 5) is 6.87. The summed E-state index contributed by atoms with van der Waals surface area (Å²) >= 11 is 9.71. The molecule has 0 aliphatic carbocycles. The second-order valence-corrected chi connectivity index (χ2v) is 7.71. The molecule has 0 radical (unpaired) electrons. The molecule has 1 aliphatic heterocycles. The standard InChI is InChI=1S/C15H23ClN2S2/c16-14-6-7-15(17-12-14)20-10-5-3-1-2-4-8-18-9-11-19-13-18/h6-7,12H,1-5,8-11,13H2. The maximum atomic E-state index is 5.81. The Bertz CT molecular complexity index is 367. The zero-order valence-corrected chi connectivity index (χ0v) is 14.3. The molecule has 0 amide bonds. The van der Waals surface area contributed by atoms with Crippen LogP contribution >= 0.6 is 35.1 Å². The van der Waals surface area contributed by atoms with Crippen LogP contribution in [-0.2, 0) is 0 Å². The zero-order valence-electron chi connectivity index (χ0n) is 11.9. The van der Waals surface area contributed by atoms with Gasteiger partial charge in [-0.05, 0) is 37.3 Å². The molecular formula is C15H23ClN2S2. The molecule has 0 unspecified atom stereocenters. The zero-order chi connectivity index (χ0) is 14.0. The van der Waals surface area contributed by atoms with Gasteiger partial charge in [0.1, 0.15) is 0 Å². The second-order valence-electron chi connectivity index (χ2n) is 5.09. The molecule has 0 bridgehead atoms. The summed E-state index contributed by atoms with van der Waals surface area (Å²) in [6.45, 7) is 2.60. The first-order valence-corrected chi connectivity index (χ1v) is 9.91. The van der Waals surface area contributed by atoms with Gasteiger partial charge in [0.05, 0.1) is 10.0 Å². The monoisotopic (exact) mass is 330 g/mol. The Morgan fingerprint density at radius 1 is 1.20 bits per heavy atom. The maximum absolute atomic E-state index is 5.81. The Morgan fingerprint density at radius 2 is 2.05 bits per heavy atom. The van der Waals surface area contributed by atoms with Gasteiger partial charge >= 0.3 is 0 Å². The summed E-state index contributed by atoms with van der Waals surface area (Å²) in [5.74, 6) is 3.75. The Balaban J connectivity index is 1.40. The average molecular weight is 331 g/mol. The molecule has 2 nitrogen and oxygen atoms in total. The van der Waals surface area contributed by atoms with Crippen LogP contribution in [0, 0.1) is 0 Å². The van der Waals surface area contributed by atoms with Gasteiger partial charge in [0.25, 0.3) is 0 Å². The first-order chi connectivity index (χ1) is 9.84. The number of nitrogens with zero attached hydrogens (tertiary/aromatic N) is 2. The summed E-state index contributed by atoms with van der Waals surface area (Å²) < 4.78 is 0. The van der Waals surface area contributed by atoms with Gasteiger partial charge in [-0.2, -0.15) is 0 Å². The van der Waals surface area contributed by atoms with Crippen molar-refractivity contribution in [2.75, 3.05) is 30.5 Å². The topological polar surface area (TPSA) is 16.1 Å². The summed E-state index contributed by atoms with van der Waals surface area (Å²) in [5, 5.41) is 1.80. The molecule has 2 rings (SSSR count). The van der Waals surface area contributed by atoms with Crippen molar-refractivity contribution < 1.29 is 0 Å². The van der Waals surface area contributed by atoms with E-state index >= 15 is 0 Å². The van der Waals surface area contributed by atoms with Crippen LogP contribution in [0.15, 0.2) is 23.4 Å². The van der Waals surface area contributed by atoms with E-state index in [9.17, 15) is 0 Å².